The maximum atomic E-state index is 13.2. The Morgan fingerprint density at radius 2 is 2.00 bits per heavy atom. The molecule has 2 fully saturated rings. The summed E-state index contributed by atoms with van der Waals surface area (Å²) in [4.78, 5) is 2.66. The van der Waals surface area contributed by atoms with Gasteiger partial charge in [0.2, 0.25) is 0 Å². The van der Waals surface area contributed by atoms with E-state index in [2.05, 4.69) is 40.7 Å². The second-order valence-electron chi connectivity index (χ2n) is 12.5. The second-order valence-corrected chi connectivity index (χ2v) is 12.5. The molecule has 4 heterocycles. The monoisotopic (exact) mass is 482 g/mol. The minimum absolute atomic E-state index is 0.130. The molecule has 36 heavy (non-hydrogen) atoms. The van der Waals surface area contributed by atoms with Crippen LogP contribution in [0.15, 0.2) is 24.3 Å². The maximum Gasteiger partial charge on any atom is 0.166 e. The van der Waals surface area contributed by atoms with Crippen LogP contribution in [0.4, 0.5) is 0 Å². The average Bonchev–Trinajstić information content (AvgIpc) is 3.53. The van der Waals surface area contributed by atoms with Crippen LogP contribution in [0.3, 0.4) is 0 Å². The van der Waals surface area contributed by atoms with E-state index in [0.717, 1.165) is 69.2 Å². The smallest absolute Gasteiger partial charge is 0.166 e. The van der Waals surface area contributed by atoms with Crippen LogP contribution in [0.5, 0.6) is 11.5 Å². The summed E-state index contributed by atoms with van der Waals surface area (Å²) in [5, 5.41) is 14.6. The zero-order valence-corrected chi connectivity index (χ0v) is 21.3. The van der Waals surface area contributed by atoms with Gasteiger partial charge in [0.05, 0.1) is 29.3 Å². The molecule has 5 heteroatoms. The first-order chi connectivity index (χ1) is 17.5. The fraction of sp³-hybridized carbons (Fsp3) is 0.548. The third-order valence-corrected chi connectivity index (χ3v) is 10.9. The molecule has 6 aliphatic rings. The highest BCUT2D eigenvalue weighted by Gasteiger charge is 2.73. The largest absolute Gasteiger partial charge is 0.493 e. The van der Waals surface area contributed by atoms with Crippen molar-refractivity contribution in [3.05, 3.63) is 57.8 Å². The molecule has 1 spiro atoms. The highest BCUT2D eigenvalue weighted by atomic mass is 16.5. The number of methoxy groups -OCH3 is 1. The van der Waals surface area contributed by atoms with Crippen molar-refractivity contribution in [3.63, 3.8) is 0 Å². The Hall–Kier alpha value is -2.50. The molecule has 5 nitrogen and oxygen atoms in total. The Balaban J connectivity index is 1.37. The molecule has 1 saturated carbocycles. The van der Waals surface area contributed by atoms with E-state index in [-0.39, 0.29) is 12.1 Å². The highest BCUT2D eigenvalue weighted by molar-refractivity contribution is 5.93. The highest BCUT2D eigenvalue weighted by Crippen LogP contribution is 2.69. The number of aromatic nitrogens is 1. The minimum atomic E-state index is -0.849. The van der Waals surface area contributed by atoms with Gasteiger partial charge in [0.25, 0.3) is 0 Å². The predicted octanol–water partition coefficient (Wildman–Crippen LogP) is 4.60. The number of piperidine rings is 1. The summed E-state index contributed by atoms with van der Waals surface area (Å²) in [7, 11) is 1.74. The molecular formula is C31H34N2O3. The number of aryl methyl sites for hydroxylation is 3. The number of aliphatic hydroxyl groups is 1. The van der Waals surface area contributed by atoms with Crippen molar-refractivity contribution in [3.8, 4) is 11.5 Å². The van der Waals surface area contributed by atoms with Gasteiger partial charge in [0.15, 0.2) is 17.6 Å². The van der Waals surface area contributed by atoms with Gasteiger partial charge in [-0.2, -0.15) is 0 Å². The Morgan fingerprint density at radius 1 is 1.14 bits per heavy atom. The summed E-state index contributed by atoms with van der Waals surface area (Å²) >= 11 is 0. The topological polar surface area (TPSA) is 46.9 Å². The van der Waals surface area contributed by atoms with Crippen LogP contribution in [-0.4, -0.2) is 46.4 Å². The quantitative estimate of drug-likeness (QED) is 0.593. The lowest BCUT2D eigenvalue weighted by Gasteiger charge is -2.63. The van der Waals surface area contributed by atoms with Crippen LogP contribution < -0.4 is 9.47 Å². The molecule has 2 bridgehead atoms. The molecule has 4 atom stereocenters. The van der Waals surface area contributed by atoms with E-state index in [9.17, 15) is 5.11 Å². The van der Waals surface area contributed by atoms with Crippen LogP contribution in [0.2, 0.25) is 0 Å². The minimum Gasteiger partial charge on any atom is -0.493 e. The zero-order valence-electron chi connectivity index (χ0n) is 21.3. The fourth-order valence-electron chi connectivity index (χ4n) is 9.25. The fourth-order valence-corrected chi connectivity index (χ4v) is 9.25. The van der Waals surface area contributed by atoms with E-state index >= 15 is 0 Å². The first-order valence-electron chi connectivity index (χ1n) is 14.0. The molecule has 0 unspecified atom stereocenters. The molecule has 1 N–H and O–H groups in total. The van der Waals surface area contributed by atoms with Crippen molar-refractivity contribution < 1.29 is 14.6 Å². The van der Waals surface area contributed by atoms with Crippen LogP contribution in [0.25, 0.3) is 10.9 Å². The lowest BCUT2D eigenvalue weighted by molar-refractivity contribution is -0.173. The summed E-state index contributed by atoms with van der Waals surface area (Å²) < 4.78 is 15.5. The first-order valence-corrected chi connectivity index (χ1v) is 14.0. The molecular weight excluding hydrogens is 448 g/mol. The average molecular weight is 483 g/mol. The molecule has 0 amide bonds. The van der Waals surface area contributed by atoms with E-state index in [1.807, 2.05) is 0 Å². The third-order valence-electron chi connectivity index (χ3n) is 10.9. The van der Waals surface area contributed by atoms with E-state index in [1.54, 1.807) is 7.11 Å². The number of benzene rings is 2. The molecule has 1 saturated heterocycles. The van der Waals surface area contributed by atoms with Crippen LogP contribution >= 0.6 is 0 Å². The number of likely N-dealkylation sites (tertiary alicyclic amines) is 1. The van der Waals surface area contributed by atoms with Crippen LogP contribution in [0.1, 0.15) is 65.3 Å². The predicted molar refractivity (Wildman–Crippen MR) is 138 cm³/mol. The molecule has 2 aromatic carbocycles. The Labute approximate surface area is 212 Å². The van der Waals surface area contributed by atoms with E-state index in [1.165, 1.54) is 57.3 Å². The molecule has 9 rings (SSSR count). The second kappa shape index (κ2) is 6.49. The van der Waals surface area contributed by atoms with Gasteiger partial charge >= 0.3 is 0 Å². The summed E-state index contributed by atoms with van der Waals surface area (Å²) in [6.45, 7) is 5.46. The van der Waals surface area contributed by atoms with Gasteiger partial charge in [0, 0.05) is 36.5 Å². The number of nitrogens with zero attached hydrogens (tertiary/aromatic N) is 2. The number of hydrogen-bond donors (Lipinski definition) is 1. The zero-order chi connectivity index (χ0) is 24.0. The Kier molecular flexibility index (Phi) is 3.70. The van der Waals surface area contributed by atoms with Gasteiger partial charge < -0.3 is 19.1 Å². The van der Waals surface area contributed by atoms with Crippen molar-refractivity contribution in [1.82, 2.24) is 9.47 Å². The molecule has 3 aliphatic carbocycles. The van der Waals surface area contributed by atoms with Gasteiger partial charge in [-0.05, 0) is 86.2 Å². The third kappa shape index (κ3) is 2.16. The standard InChI is InChI=1S/C31H34N2O3/c1-17-5-8-19-4-3-12-33-26(19)24(17)21-15-31(34)23-14-20-9-10-22(35-2)28-25(20)30(31,29(36-28)27(21)33)11-13-32(23)16-18-6-7-18/h5,8-10,18,23,29,34H,3-4,6-7,11-16H2,1-2H3/t23-,29+,30+,31-/m1/s1. The lowest BCUT2D eigenvalue weighted by Crippen LogP contribution is -2.74. The van der Waals surface area contributed by atoms with Crippen LogP contribution in [0, 0.1) is 12.8 Å². The van der Waals surface area contributed by atoms with Gasteiger partial charge in [-0.3, -0.25) is 4.90 Å². The van der Waals surface area contributed by atoms with Crippen LogP contribution in [-0.2, 0) is 31.2 Å². The van der Waals surface area contributed by atoms with Gasteiger partial charge in [0.1, 0.15) is 0 Å². The SMILES string of the molecule is COc1ccc2c3c1O[C@H]1c4c(c5c(C)ccc6c5n4CCC6)C[C@@]4(O)[C@@H](C2)N(CC2CC2)CC[C@]314. The summed E-state index contributed by atoms with van der Waals surface area (Å²) in [6, 6.07) is 9.11. The van der Waals surface area contributed by atoms with Crippen molar-refractivity contribution >= 4 is 10.9 Å². The number of ether oxygens (including phenoxy) is 2. The normalized spacial score (nSPS) is 33.3. The molecule has 186 valence electrons. The number of hydrogen-bond acceptors (Lipinski definition) is 4. The van der Waals surface area contributed by atoms with E-state index < -0.39 is 11.0 Å². The molecule has 1 aromatic heterocycles. The van der Waals surface area contributed by atoms with E-state index in [0.29, 0.717) is 0 Å². The number of fused-ring (bicyclic) bond motifs is 4. The van der Waals surface area contributed by atoms with E-state index in [4.69, 9.17) is 9.47 Å². The molecule has 3 aliphatic heterocycles. The Morgan fingerprint density at radius 3 is 2.83 bits per heavy atom. The lowest BCUT2D eigenvalue weighted by atomic mass is 9.49. The summed E-state index contributed by atoms with van der Waals surface area (Å²) in [5.74, 6) is 2.52. The summed E-state index contributed by atoms with van der Waals surface area (Å²) in [5.41, 5.74) is 8.23. The van der Waals surface area contributed by atoms with Crippen molar-refractivity contribution in [1.29, 1.82) is 0 Å². The van der Waals surface area contributed by atoms with Crippen molar-refractivity contribution in [2.75, 3.05) is 20.2 Å². The van der Waals surface area contributed by atoms with Gasteiger partial charge in [-0.15, -0.1) is 0 Å². The van der Waals surface area contributed by atoms with Gasteiger partial charge in [-0.1, -0.05) is 18.2 Å². The van der Waals surface area contributed by atoms with Gasteiger partial charge in [-0.25, -0.2) is 0 Å². The molecule has 3 aromatic rings. The first kappa shape index (κ1) is 20.5. The van der Waals surface area contributed by atoms with Crippen molar-refractivity contribution in [2.45, 2.75) is 81.6 Å². The molecule has 0 radical (unpaired) electrons. The number of rotatable bonds is 3. The summed E-state index contributed by atoms with van der Waals surface area (Å²) in [6.07, 6.45) is 7.37. The van der Waals surface area contributed by atoms with Crippen molar-refractivity contribution in [2.24, 2.45) is 5.92 Å². The maximum absolute atomic E-state index is 13.2. The Bertz CT molecular complexity index is 1490.